The van der Waals surface area contributed by atoms with Crippen molar-refractivity contribution in [1.82, 2.24) is 4.98 Å². The second kappa shape index (κ2) is 3.33. The van der Waals surface area contributed by atoms with Crippen molar-refractivity contribution >= 4 is 6.16 Å². The maximum absolute atomic E-state index is 10.2. The summed E-state index contributed by atoms with van der Waals surface area (Å²) in [7, 11) is 0. The van der Waals surface area contributed by atoms with Crippen molar-refractivity contribution in [1.29, 1.82) is 0 Å². The second-order valence-electron chi connectivity index (χ2n) is 2.71. The smallest absolute Gasteiger partial charge is 0.449 e. The third-order valence-electron chi connectivity index (χ3n) is 1.75. The van der Waals surface area contributed by atoms with Gasteiger partial charge in [-0.3, -0.25) is 0 Å². The molecule has 0 fully saturated rings. The fourth-order valence-corrected chi connectivity index (χ4v) is 1.20. The molecule has 70 valence electrons. The quantitative estimate of drug-likeness (QED) is 0.699. The number of aromatic nitrogens is 1. The summed E-state index contributed by atoms with van der Waals surface area (Å²) in [6.45, 7) is 0. The number of nitrogens with zero attached hydrogens (tertiary/aromatic N) is 1. The van der Waals surface area contributed by atoms with Gasteiger partial charge < -0.3 is 9.84 Å². The van der Waals surface area contributed by atoms with Gasteiger partial charge in [-0.05, 0) is 6.07 Å². The van der Waals surface area contributed by atoms with E-state index < -0.39 is 6.16 Å². The Morgan fingerprint density at radius 3 is 2.86 bits per heavy atom. The first kappa shape index (κ1) is 8.50. The molecular formula is C10H7NO3. The summed E-state index contributed by atoms with van der Waals surface area (Å²) in [5.74, 6) is 0.110. The first-order valence-corrected chi connectivity index (χ1v) is 4.02. The lowest BCUT2D eigenvalue weighted by Gasteiger charge is -1.89. The van der Waals surface area contributed by atoms with Gasteiger partial charge in [-0.2, -0.15) is 0 Å². The molecule has 14 heavy (non-hydrogen) atoms. The van der Waals surface area contributed by atoms with Crippen molar-refractivity contribution in [2.75, 3.05) is 0 Å². The first-order chi connectivity index (χ1) is 6.75. The molecule has 0 atom stereocenters. The lowest BCUT2D eigenvalue weighted by Crippen LogP contribution is -2.02. The van der Waals surface area contributed by atoms with Crippen LogP contribution in [0.4, 0.5) is 4.79 Å². The van der Waals surface area contributed by atoms with E-state index in [1.807, 2.05) is 24.3 Å². The van der Waals surface area contributed by atoms with Crippen molar-refractivity contribution in [2.24, 2.45) is 0 Å². The minimum atomic E-state index is -1.35. The summed E-state index contributed by atoms with van der Waals surface area (Å²) in [6.07, 6.45) is -1.35. The molecular weight excluding hydrogens is 182 g/mol. The molecule has 4 heteroatoms. The Bertz CT molecular complexity index is 411. The number of hydrogen-bond acceptors (Lipinski definition) is 3. The van der Waals surface area contributed by atoms with Crippen LogP contribution in [0.3, 0.4) is 0 Å². The van der Waals surface area contributed by atoms with E-state index in [2.05, 4.69) is 9.72 Å². The molecule has 0 amide bonds. The average Bonchev–Trinajstić information content (AvgIpc) is 2.34. The molecule has 1 N–H and O–H groups in total. The van der Waals surface area contributed by atoms with Crippen LogP contribution in [0.25, 0.3) is 11.3 Å². The highest BCUT2D eigenvalue weighted by molar-refractivity contribution is 5.67. The Morgan fingerprint density at radius 1 is 1.29 bits per heavy atom. The molecule has 0 bridgehead atoms. The Kier molecular flexibility index (Phi) is 2.02. The highest BCUT2D eigenvalue weighted by Crippen LogP contribution is 2.25. The van der Waals surface area contributed by atoms with Crippen LogP contribution in [0.15, 0.2) is 36.4 Å². The van der Waals surface area contributed by atoms with Gasteiger partial charge in [-0.1, -0.05) is 24.3 Å². The first-order valence-electron chi connectivity index (χ1n) is 4.02. The van der Waals surface area contributed by atoms with Crippen LogP contribution in [-0.4, -0.2) is 16.2 Å². The molecule has 0 aromatic carbocycles. The van der Waals surface area contributed by atoms with Gasteiger partial charge in [0.25, 0.3) is 0 Å². The van der Waals surface area contributed by atoms with Crippen LogP contribution in [0.5, 0.6) is 5.88 Å². The number of carbonyl (C=O) groups is 1. The number of hydrogen-bond donors (Lipinski definition) is 1. The predicted octanol–water partition coefficient (Wildman–Crippen LogP) is 2.24. The summed E-state index contributed by atoms with van der Waals surface area (Å²) in [6, 6.07) is 10.8. The maximum atomic E-state index is 10.2. The third-order valence-corrected chi connectivity index (χ3v) is 1.75. The zero-order chi connectivity index (χ0) is 9.97. The zero-order valence-electron chi connectivity index (χ0n) is 7.18. The number of carboxylic acid groups (broad SMARTS) is 1. The van der Waals surface area contributed by atoms with Gasteiger partial charge >= 0.3 is 6.16 Å². The van der Waals surface area contributed by atoms with Crippen LogP contribution in [-0.2, 0) is 0 Å². The van der Waals surface area contributed by atoms with Crippen LogP contribution in [0.1, 0.15) is 0 Å². The molecule has 1 aliphatic heterocycles. The normalized spacial score (nSPS) is 10.0. The Balaban J connectivity index is 2.43. The van der Waals surface area contributed by atoms with Crippen LogP contribution >= 0.6 is 0 Å². The number of fused-ring (bicyclic) bond motifs is 1. The second-order valence-corrected chi connectivity index (χ2v) is 2.71. The van der Waals surface area contributed by atoms with Crippen LogP contribution in [0, 0.1) is 0 Å². The van der Waals surface area contributed by atoms with Crippen molar-refractivity contribution in [3.8, 4) is 17.1 Å². The minimum absolute atomic E-state index is 0.110. The lowest BCUT2D eigenvalue weighted by atomic mass is 10.2. The molecule has 0 radical (unpaired) electrons. The molecule has 0 spiro atoms. The fraction of sp³-hybridized carbons (Fsp3) is 0. The molecule has 2 aliphatic rings. The van der Waals surface area contributed by atoms with Crippen molar-refractivity contribution < 1.29 is 14.6 Å². The van der Waals surface area contributed by atoms with E-state index in [0.717, 1.165) is 5.56 Å². The van der Waals surface area contributed by atoms with Crippen molar-refractivity contribution in [3.63, 3.8) is 0 Å². The van der Waals surface area contributed by atoms with Crippen molar-refractivity contribution in [3.05, 3.63) is 36.4 Å². The van der Waals surface area contributed by atoms with Crippen LogP contribution < -0.4 is 4.74 Å². The van der Waals surface area contributed by atoms with E-state index in [9.17, 15) is 4.79 Å². The predicted molar refractivity (Wildman–Crippen MR) is 49.5 cm³/mol. The summed E-state index contributed by atoms with van der Waals surface area (Å²) in [5, 5.41) is 8.38. The van der Waals surface area contributed by atoms with E-state index in [-0.39, 0.29) is 5.88 Å². The van der Waals surface area contributed by atoms with Gasteiger partial charge in [0.1, 0.15) is 0 Å². The topological polar surface area (TPSA) is 59.4 Å². The Hall–Kier alpha value is -2.10. The highest BCUT2D eigenvalue weighted by atomic mass is 16.7. The molecule has 0 unspecified atom stereocenters. The molecule has 2 rings (SSSR count). The lowest BCUT2D eigenvalue weighted by molar-refractivity contribution is 0.143. The highest BCUT2D eigenvalue weighted by Gasteiger charge is 2.09. The molecule has 0 saturated carbocycles. The summed E-state index contributed by atoms with van der Waals surface area (Å²) in [5.41, 5.74) is 1.57. The number of rotatable bonds is 1. The van der Waals surface area contributed by atoms with Gasteiger partial charge in [0, 0.05) is 11.6 Å². The standard InChI is InChI=1S/C10H7NO3/c12-10(13)14-9-6-7-4-2-1-3-5-8(7)11-9/h1-6H,(H,12,13). The largest absolute Gasteiger partial charge is 0.512 e. The van der Waals surface area contributed by atoms with Gasteiger partial charge in [0.2, 0.25) is 5.88 Å². The van der Waals surface area contributed by atoms with E-state index in [1.54, 1.807) is 12.1 Å². The summed E-state index contributed by atoms with van der Waals surface area (Å²) >= 11 is 0. The Morgan fingerprint density at radius 2 is 2.07 bits per heavy atom. The van der Waals surface area contributed by atoms with Crippen LogP contribution in [0.2, 0.25) is 0 Å². The maximum Gasteiger partial charge on any atom is 0.512 e. The fourth-order valence-electron chi connectivity index (χ4n) is 1.20. The van der Waals surface area contributed by atoms with Crippen molar-refractivity contribution in [2.45, 2.75) is 0 Å². The van der Waals surface area contributed by atoms with Gasteiger partial charge in [0.05, 0.1) is 5.69 Å². The van der Waals surface area contributed by atoms with Gasteiger partial charge in [-0.25, -0.2) is 9.78 Å². The van der Waals surface area contributed by atoms with E-state index >= 15 is 0 Å². The van der Waals surface area contributed by atoms with Gasteiger partial charge in [-0.15, -0.1) is 0 Å². The molecule has 0 saturated heterocycles. The van der Waals surface area contributed by atoms with Gasteiger partial charge in [0.15, 0.2) is 0 Å². The number of ether oxygens (including phenoxy) is 1. The monoisotopic (exact) mass is 189 g/mol. The SMILES string of the molecule is O=C(O)Oc1cc2cccccc-2n1. The van der Waals surface area contributed by atoms with E-state index in [1.165, 1.54) is 0 Å². The van der Waals surface area contributed by atoms with E-state index in [0.29, 0.717) is 5.69 Å². The van der Waals surface area contributed by atoms with E-state index in [4.69, 9.17) is 5.11 Å². The molecule has 1 aliphatic carbocycles. The molecule has 0 aromatic heterocycles. The molecule has 1 heterocycles. The molecule has 4 nitrogen and oxygen atoms in total. The summed E-state index contributed by atoms with van der Waals surface area (Å²) in [4.78, 5) is 14.2. The third kappa shape index (κ3) is 1.64. The summed E-state index contributed by atoms with van der Waals surface area (Å²) < 4.78 is 4.44. The minimum Gasteiger partial charge on any atom is -0.449 e. The average molecular weight is 189 g/mol. The Labute approximate surface area is 80.1 Å². The molecule has 0 aromatic rings. The zero-order valence-corrected chi connectivity index (χ0v) is 7.18.